The lowest BCUT2D eigenvalue weighted by Gasteiger charge is -2.10. The largest absolute Gasteiger partial charge is 0.368 e. The smallest absolute Gasteiger partial charge is 0.261 e. The summed E-state index contributed by atoms with van der Waals surface area (Å²) in [5.74, 6) is 0.141. The number of hydrogen-bond donors (Lipinski definition) is 2. The van der Waals surface area contributed by atoms with Crippen LogP contribution in [-0.4, -0.2) is 18.4 Å². The number of halogens is 2. The van der Waals surface area contributed by atoms with Crippen LogP contribution >= 0.6 is 27.5 Å². The molecule has 31 heavy (non-hydrogen) atoms. The Bertz CT molecular complexity index is 1330. The Labute approximate surface area is 193 Å². The molecule has 3 N–H and O–H groups in total. The standard InChI is InChI=1S/C22H16BrClN4O2S/c23-16-5-11-19(12-6-16)31(29,30)28-18-9-3-15(4-10-18)21-13-20(26-22(25)27-21)14-1-7-17(24)8-2-14/h1-13,28H,(H2,25,26,27). The van der Waals surface area contributed by atoms with Gasteiger partial charge in [0.15, 0.2) is 0 Å². The fraction of sp³-hybridized carbons (Fsp3) is 0. The van der Waals surface area contributed by atoms with Crippen molar-refractivity contribution in [2.75, 3.05) is 10.5 Å². The van der Waals surface area contributed by atoms with Gasteiger partial charge in [-0.05, 0) is 54.6 Å². The average Bonchev–Trinajstić information content (AvgIpc) is 2.74. The van der Waals surface area contributed by atoms with Crippen molar-refractivity contribution < 1.29 is 8.42 Å². The van der Waals surface area contributed by atoms with E-state index in [0.29, 0.717) is 22.1 Å². The summed E-state index contributed by atoms with van der Waals surface area (Å²) in [6.45, 7) is 0. The molecule has 4 aromatic rings. The van der Waals surface area contributed by atoms with Gasteiger partial charge >= 0.3 is 0 Å². The van der Waals surface area contributed by atoms with E-state index in [1.165, 1.54) is 12.1 Å². The zero-order chi connectivity index (χ0) is 22.0. The fourth-order valence-corrected chi connectivity index (χ4v) is 4.37. The lowest BCUT2D eigenvalue weighted by atomic mass is 10.1. The molecule has 156 valence electrons. The molecule has 0 aliphatic carbocycles. The second kappa shape index (κ2) is 8.66. The Morgan fingerprint density at radius 1 is 0.806 bits per heavy atom. The summed E-state index contributed by atoms with van der Waals surface area (Å²) in [6.07, 6.45) is 0. The molecule has 3 aromatic carbocycles. The van der Waals surface area contributed by atoms with Crippen LogP contribution in [0.1, 0.15) is 0 Å². The van der Waals surface area contributed by atoms with Crippen LogP contribution in [0.4, 0.5) is 11.6 Å². The van der Waals surface area contributed by atoms with Crippen LogP contribution in [-0.2, 0) is 10.0 Å². The van der Waals surface area contributed by atoms with E-state index in [0.717, 1.165) is 15.6 Å². The van der Waals surface area contributed by atoms with E-state index in [-0.39, 0.29) is 10.8 Å². The highest BCUT2D eigenvalue weighted by Gasteiger charge is 2.14. The second-order valence-electron chi connectivity index (χ2n) is 6.64. The van der Waals surface area contributed by atoms with Crippen molar-refractivity contribution in [1.82, 2.24) is 9.97 Å². The molecular weight excluding hydrogens is 500 g/mol. The molecule has 4 rings (SSSR count). The average molecular weight is 516 g/mol. The number of nitrogen functional groups attached to an aromatic ring is 1. The van der Waals surface area contributed by atoms with E-state index in [9.17, 15) is 8.42 Å². The lowest BCUT2D eigenvalue weighted by molar-refractivity contribution is 0.601. The normalized spacial score (nSPS) is 11.3. The van der Waals surface area contributed by atoms with Gasteiger partial charge in [-0.1, -0.05) is 51.8 Å². The van der Waals surface area contributed by atoms with Crippen molar-refractivity contribution in [2.45, 2.75) is 4.90 Å². The zero-order valence-electron chi connectivity index (χ0n) is 16.0. The Kier molecular flexibility index (Phi) is 5.95. The minimum Gasteiger partial charge on any atom is -0.368 e. The van der Waals surface area contributed by atoms with Crippen LogP contribution in [0.15, 0.2) is 88.2 Å². The molecule has 0 saturated carbocycles. The van der Waals surface area contributed by atoms with Crippen molar-refractivity contribution in [2.24, 2.45) is 0 Å². The molecule has 0 radical (unpaired) electrons. The number of nitrogens with zero attached hydrogens (tertiary/aromatic N) is 2. The van der Waals surface area contributed by atoms with Crippen LogP contribution < -0.4 is 10.5 Å². The SMILES string of the molecule is Nc1nc(-c2ccc(Cl)cc2)cc(-c2ccc(NS(=O)(=O)c3ccc(Br)cc3)cc2)n1. The first kappa shape index (κ1) is 21.3. The van der Waals surface area contributed by atoms with Crippen molar-refractivity contribution in [1.29, 1.82) is 0 Å². The van der Waals surface area contributed by atoms with Gasteiger partial charge < -0.3 is 5.73 Å². The first-order chi connectivity index (χ1) is 14.8. The van der Waals surface area contributed by atoms with E-state index >= 15 is 0 Å². The molecule has 0 bridgehead atoms. The van der Waals surface area contributed by atoms with Crippen LogP contribution in [0.2, 0.25) is 5.02 Å². The van der Waals surface area contributed by atoms with Crippen LogP contribution in [0.5, 0.6) is 0 Å². The highest BCUT2D eigenvalue weighted by atomic mass is 79.9. The maximum atomic E-state index is 12.6. The number of nitrogens with two attached hydrogens (primary N) is 1. The van der Waals surface area contributed by atoms with Gasteiger partial charge in [-0.25, -0.2) is 18.4 Å². The van der Waals surface area contributed by atoms with Gasteiger partial charge in [0.05, 0.1) is 16.3 Å². The first-order valence-corrected chi connectivity index (χ1v) is 11.7. The van der Waals surface area contributed by atoms with E-state index in [2.05, 4.69) is 30.6 Å². The molecule has 0 unspecified atom stereocenters. The fourth-order valence-electron chi connectivity index (χ4n) is 2.92. The van der Waals surface area contributed by atoms with Crippen LogP contribution in [0.3, 0.4) is 0 Å². The predicted octanol–water partition coefficient (Wildman–Crippen LogP) is 5.61. The molecule has 6 nitrogen and oxygen atoms in total. The minimum atomic E-state index is -3.69. The lowest BCUT2D eigenvalue weighted by Crippen LogP contribution is -2.12. The summed E-state index contributed by atoms with van der Waals surface area (Å²) in [4.78, 5) is 8.78. The second-order valence-corrected chi connectivity index (χ2v) is 9.67. The highest BCUT2D eigenvalue weighted by molar-refractivity contribution is 9.10. The minimum absolute atomic E-state index is 0.141. The number of sulfonamides is 1. The number of nitrogens with one attached hydrogen (secondary N) is 1. The molecule has 0 aliphatic heterocycles. The van der Waals surface area contributed by atoms with E-state index in [4.69, 9.17) is 17.3 Å². The van der Waals surface area contributed by atoms with E-state index < -0.39 is 10.0 Å². The zero-order valence-corrected chi connectivity index (χ0v) is 19.1. The Hall–Kier alpha value is -2.94. The summed E-state index contributed by atoms with van der Waals surface area (Å²) in [7, 11) is -3.69. The quantitative estimate of drug-likeness (QED) is 0.360. The summed E-state index contributed by atoms with van der Waals surface area (Å²) in [6, 6.07) is 22.4. The number of hydrogen-bond acceptors (Lipinski definition) is 5. The molecule has 0 atom stereocenters. The maximum Gasteiger partial charge on any atom is 0.261 e. The molecule has 0 fully saturated rings. The molecule has 0 saturated heterocycles. The van der Waals surface area contributed by atoms with Crippen molar-refractivity contribution in [3.05, 3.63) is 88.4 Å². The number of rotatable bonds is 5. The van der Waals surface area contributed by atoms with Crippen LogP contribution in [0, 0.1) is 0 Å². The Morgan fingerprint density at radius 2 is 1.32 bits per heavy atom. The van der Waals surface area contributed by atoms with Gasteiger partial charge in [-0.15, -0.1) is 0 Å². The Balaban J connectivity index is 1.59. The summed E-state index contributed by atoms with van der Waals surface area (Å²) < 4.78 is 28.5. The molecular formula is C22H16BrClN4O2S. The third-order valence-electron chi connectivity index (χ3n) is 4.44. The highest BCUT2D eigenvalue weighted by Crippen LogP contribution is 2.27. The van der Waals surface area contributed by atoms with Gasteiger partial charge in [-0.2, -0.15) is 0 Å². The van der Waals surface area contributed by atoms with Gasteiger partial charge in [-0.3, -0.25) is 4.72 Å². The molecule has 0 amide bonds. The molecule has 9 heteroatoms. The van der Waals surface area contributed by atoms with Crippen molar-refractivity contribution >= 4 is 49.2 Å². The molecule has 0 aliphatic rings. The first-order valence-electron chi connectivity index (χ1n) is 9.09. The molecule has 1 heterocycles. The predicted molar refractivity (Wildman–Crippen MR) is 127 cm³/mol. The van der Waals surface area contributed by atoms with Gasteiger partial charge in [0.2, 0.25) is 5.95 Å². The maximum absolute atomic E-state index is 12.6. The third kappa shape index (κ3) is 5.04. The van der Waals surface area contributed by atoms with Crippen molar-refractivity contribution in [3.8, 4) is 22.5 Å². The van der Waals surface area contributed by atoms with Gasteiger partial charge in [0, 0.05) is 26.3 Å². The van der Waals surface area contributed by atoms with E-state index in [1.807, 2.05) is 18.2 Å². The summed E-state index contributed by atoms with van der Waals surface area (Å²) in [5, 5.41) is 0.632. The summed E-state index contributed by atoms with van der Waals surface area (Å²) >= 11 is 9.25. The molecule has 0 spiro atoms. The molecule has 1 aromatic heterocycles. The number of benzene rings is 3. The number of aromatic nitrogens is 2. The monoisotopic (exact) mass is 514 g/mol. The van der Waals surface area contributed by atoms with Gasteiger partial charge in [0.25, 0.3) is 10.0 Å². The Morgan fingerprint density at radius 3 is 1.87 bits per heavy atom. The number of anilines is 2. The van der Waals surface area contributed by atoms with E-state index in [1.54, 1.807) is 48.5 Å². The third-order valence-corrected chi connectivity index (χ3v) is 6.62. The van der Waals surface area contributed by atoms with Crippen LogP contribution in [0.25, 0.3) is 22.5 Å². The van der Waals surface area contributed by atoms with Crippen molar-refractivity contribution in [3.63, 3.8) is 0 Å². The van der Waals surface area contributed by atoms with Gasteiger partial charge in [0.1, 0.15) is 0 Å². The summed E-state index contributed by atoms with van der Waals surface area (Å²) in [5.41, 5.74) is 9.27. The topological polar surface area (TPSA) is 98.0 Å².